The molecule has 0 aromatic rings. The minimum Gasteiger partial charge on any atom is -0.325 e. The van der Waals surface area contributed by atoms with E-state index < -0.39 is 0 Å². The van der Waals surface area contributed by atoms with E-state index in [0.717, 1.165) is 31.0 Å². The Morgan fingerprint density at radius 1 is 1.64 bits per heavy atom. The first kappa shape index (κ1) is 7.29. The maximum Gasteiger partial charge on any atom is 0.120 e. The summed E-state index contributed by atoms with van der Waals surface area (Å²) in [4.78, 5) is 10.2. The van der Waals surface area contributed by atoms with Crippen LogP contribution in [0.4, 0.5) is 0 Å². The number of fused-ring (bicyclic) bond motifs is 1. The van der Waals surface area contributed by atoms with Crippen molar-refractivity contribution >= 4 is 6.29 Å². The quantitative estimate of drug-likeness (QED) is 0.617. The lowest BCUT2D eigenvalue weighted by atomic mass is 9.89. The third kappa shape index (κ3) is 1.09. The molecule has 0 aromatic carbocycles. The molecular weight excluding hydrogens is 138 g/mol. The summed E-state index contributed by atoms with van der Waals surface area (Å²) in [5.74, 6) is 1.69. The third-order valence-electron chi connectivity index (χ3n) is 3.37. The van der Waals surface area contributed by atoms with Gasteiger partial charge in [0.05, 0.1) is 0 Å². The van der Waals surface area contributed by atoms with E-state index in [2.05, 4.69) is 0 Å². The lowest BCUT2D eigenvalue weighted by Gasteiger charge is -2.24. The molecule has 11 heavy (non-hydrogen) atoms. The molecule has 2 saturated carbocycles. The van der Waals surface area contributed by atoms with Crippen LogP contribution in [0.15, 0.2) is 0 Å². The molecule has 0 aromatic heterocycles. The highest BCUT2D eigenvalue weighted by atomic mass is 16.1. The van der Waals surface area contributed by atoms with Crippen LogP contribution >= 0.6 is 0 Å². The molecule has 0 aliphatic heterocycles. The summed E-state index contributed by atoms with van der Waals surface area (Å²) in [5, 5.41) is 0. The zero-order valence-electron chi connectivity index (χ0n) is 6.75. The Balaban J connectivity index is 1.93. The highest BCUT2D eigenvalue weighted by molar-refractivity contribution is 5.49. The third-order valence-corrected chi connectivity index (χ3v) is 3.37. The second kappa shape index (κ2) is 2.31. The monoisotopic (exact) mass is 153 g/mol. The molecule has 1 unspecified atom stereocenters. The topological polar surface area (TPSA) is 43.1 Å². The van der Waals surface area contributed by atoms with Crippen LogP contribution in [-0.4, -0.2) is 11.8 Å². The maximum absolute atomic E-state index is 10.2. The van der Waals surface area contributed by atoms with Crippen LogP contribution in [0, 0.1) is 11.8 Å². The Bertz CT molecular complexity index is 180. The number of hydrogen-bond acceptors (Lipinski definition) is 2. The molecule has 2 fully saturated rings. The maximum atomic E-state index is 10.2. The first-order chi connectivity index (χ1) is 5.26. The summed E-state index contributed by atoms with van der Waals surface area (Å²) in [7, 11) is 0. The van der Waals surface area contributed by atoms with E-state index in [1.165, 1.54) is 12.8 Å². The number of aldehydes is 1. The van der Waals surface area contributed by atoms with Crippen molar-refractivity contribution in [3.8, 4) is 0 Å². The predicted molar refractivity (Wildman–Crippen MR) is 43.0 cm³/mol. The molecule has 2 N–H and O–H groups in total. The van der Waals surface area contributed by atoms with Gasteiger partial charge in [-0.3, -0.25) is 0 Å². The molecule has 0 amide bonds. The summed E-state index contributed by atoms with van der Waals surface area (Å²) in [5.41, 5.74) is 6.22. The molecule has 0 bridgehead atoms. The van der Waals surface area contributed by atoms with Crippen LogP contribution in [0.5, 0.6) is 0 Å². The van der Waals surface area contributed by atoms with Gasteiger partial charge in [-0.25, -0.2) is 0 Å². The van der Waals surface area contributed by atoms with Crippen LogP contribution in [-0.2, 0) is 4.79 Å². The fraction of sp³-hybridized carbons (Fsp3) is 0.889. The van der Waals surface area contributed by atoms with Crippen molar-refractivity contribution in [2.45, 2.75) is 37.6 Å². The molecule has 0 saturated heterocycles. The number of hydrogen-bond donors (Lipinski definition) is 1. The Labute approximate surface area is 67.1 Å². The van der Waals surface area contributed by atoms with Crippen molar-refractivity contribution in [3.63, 3.8) is 0 Å². The molecule has 62 valence electrons. The Kier molecular flexibility index (Phi) is 1.53. The van der Waals surface area contributed by atoms with Crippen molar-refractivity contribution in [2.75, 3.05) is 0 Å². The van der Waals surface area contributed by atoms with Gasteiger partial charge in [-0.15, -0.1) is 0 Å². The van der Waals surface area contributed by atoms with Gasteiger partial charge >= 0.3 is 0 Å². The van der Waals surface area contributed by atoms with Crippen LogP contribution in [0.2, 0.25) is 0 Å². The van der Waals surface area contributed by atoms with Crippen molar-refractivity contribution in [3.05, 3.63) is 0 Å². The zero-order chi connectivity index (χ0) is 7.90. The fourth-order valence-electron chi connectivity index (χ4n) is 2.55. The second-order valence-corrected chi connectivity index (χ2v) is 4.08. The van der Waals surface area contributed by atoms with Gasteiger partial charge < -0.3 is 10.5 Å². The van der Waals surface area contributed by atoms with Crippen LogP contribution in [0.25, 0.3) is 0 Å². The lowest BCUT2D eigenvalue weighted by Crippen LogP contribution is -2.39. The number of rotatable bonds is 3. The van der Waals surface area contributed by atoms with Crippen LogP contribution in [0.1, 0.15) is 32.1 Å². The number of nitrogens with two attached hydrogens (primary N) is 1. The van der Waals surface area contributed by atoms with Gasteiger partial charge in [0.2, 0.25) is 0 Å². The average Bonchev–Trinajstić information content (AvgIpc) is 2.72. The van der Waals surface area contributed by atoms with Crippen LogP contribution < -0.4 is 5.73 Å². The molecular formula is C9H15NO. The summed E-state index contributed by atoms with van der Waals surface area (Å²) in [6.07, 6.45) is 6.34. The molecule has 2 heteroatoms. The Morgan fingerprint density at radius 3 is 2.91 bits per heavy atom. The average molecular weight is 153 g/mol. The molecule has 0 radical (unpaired) electrons. The molecule has 2 aliphatic rings. The standard InChI is InChI=1S/C9H15NO/c10-9(3-1-5-11)4-2-7-6-8(7)9/h5,7-8H,1-4,6,10H2/t7-,8+,9?/m1/s1. The van der Waals surface area contributed by atoms with Crippen molar-refractivity contribution in [1.82, 2.24) is 0 Å². The molecule has 2 aliphatic carbocycles. The minimum atomic E-state index is 0.0472. The van der Waals surface area contributed by atoms with E-state index in [1.54, 1.807) is 0 Å². The van der Waals surface area contributed by atoms with Gasteiger partial charge in [0.1, 0.15) is 6.29 Å². The largest absolute Gasteiger partial charge is 0.325 e. The smallest absolute Gasteiger partial charge is 0.120 e. The molecule has 0 spiro atoms. The van der Waals surface area contributed by atoms with Crippen molar-refractivity contribution < 1.29 is 4.79 Å². The first-order valence-corrected chi connectivity index (χ1v) is 4.49. The van der Waals surface area contributed by atoms with E-state index in [-0.39, 0.29) is 5.54 Å². The minimum absolute atomic E-state index is 0.0472. The van der Waals surface area contributed by atoms with Crippen molar-refractivity contribution in [2.24, 2.45) is 17.6 Å². The van der Waals surface area contributed by atoms with Crippen molar-refractivity contribution in [1.29, 1.82) is 0 Å². The molecule has 3 atom stereocenters. The fourth-order valence-corrected chi connectivity index (χ4v) is 2.55. The Morgan fingerprint density at radius 2 is 2.45 bits per heavy atom. The van der Waals surface area contributed by atoms with Gasteiger partial charge in [0.15, 0.2) is 0 Å². The number of carbonyl (C=O) groups excluding carboxylic acids is 1. The summed E-state index contributed by atoms with van der Waals surface area (Å²) >= 11 is 0. The highest BCUT2D eigenvalue weighted by Gasteiger charge is 2.55. The SMILES string of the molecule is NC1(CCC=O)CC[C@@H]2C[C@@H]21. The highest BCUT2D eigenvalue weighted by Crippen LogP contribution is 2.57. The van der Waals surface area contributed by atoms with Gasteiger partial charge in [0.25, 0.3) is 0 Å². The predicted octanol–water partition coefficient (Wildman–Crippen LogP) is 1.09. The Hall–Kier alpha value is -0.370. The summed E-state index contributed by atoms with van der Waals surface area (Å²) in [6.45, 7) is 0. The number of carbonyl (C=O) groups is 1. The lowest BCUT2D eigenvalue weighted by molar-refractivity contribution is -0.108. The summed E-state index contributed by atoms with van der Waals surface area (Å²) < 4.78 is 0. The molecule has 0 heterocycles. The van der Waals surface area contributed by atoms with Crippen LogP contribution in [0.3, 0.4) is 0 Å². The van der Waals surface area contributed by atoms with E-state index >= 15 is 0 Å². The van der Waals surface area contributed by atoms with Gasteiger partial charge in [-0.2, -0.15) is 0 Å². The summed E-state index contributed by atoms with van der Waals surface area (Å²) in [6, 6.07) is 0. The van der Waals surface area contributed by atoms with E-state index in [1.807, 2.05) is 0 Å². The van der Waals surface area contributed by atoms with Gasteiger partial charge in [0, 0.05) is 12.0 Å². The first-order valence-electron chi connectivity index (χ1n) is 4.49. The molecule has 2 nitrogen and oxygen atoms in total. The van der Waals surface area contributed by atoms with Gasteiger partial charge in [-0.1, -0.05) is 0 Å². The van der Waals surface area contributed by atoms with Gasteiger partial charge in [-0.05, 0) is 37.5 Å². The molecule has 2 rings (SSSR count). The normalized spacial score (nSPS) is 47.0. The second-order valence-electron chi connectivity index (χ2n) is 4.08. The van der Waals surface area contributed by atoms with E-state index in [9.17, 15) is 4.79 Å². The van der Waals surface area contributed by atoms with E-state index in [0.29, 0.717) is 6.42 Å². The van der Waals surface area contributed by atoms with E-state index in [4.69, 9.17) is 5.73 Å². The zero-order valence-corrected chi connectivity index (χ0v) is 6.75.